The van der Waals surface area contributed by atoms with Crippen molar-refractivity contribution < 1.29 is 19.5 Å². The van der Waals surface area contributed by atoms with E-state index in [9.17, 15) is 19.5 Å². The van der Waals surface area contributed by atoms with Crippen molar-refractivity contribution in [2.75, 3.05) is 12.0 Å². The Kier molecular flexibility index (Phi) is 10.6. The molecule has 1 rings (SSSR count). The summed E-state index contributed by atoms with van der Waals surface area (Å²) in [5.74, 6) is -1.47. The van der Waals surface area contributed by atoms with Crippen LogP contribution in [0.5, 0.6) is 0 Å². The van der Waals surface area contributed by atoms with Gasteiger partial charge in [-0.1, -0.05) is 50.6 Å². The summed E-state index contributed by atoms with van der Waals surface area (Å²) in [6.07, 6.45) is 3.16. The highest BCUT2D eigenvalue weighted by Crippen LogP contribution is 2.09. The molecular formula is C20H31N3O4S. The molecule has 0 saturated carbocycles. The van der Waals surface area contributed by atoms with Crippen molar-refractivity contribution in [1.82, 2.24) is 10.6 Å². The van der Waals surface area contributed by atoms with Crippen LogP contribution in [0, 0.1) is 5.92 Å². The summed E-state index contributed by atoms with van der Waals surface area (Å²) in [4.78, 5) is 36.7. The third-order valence-corrected chi connectivity index (χ3v) is 5.34. The van der Waals surface area contributed by atoms with E-state index in [2.05, 4.69) is 10.6 Å². The van der Waals surface area contributed by atoms with E-state index in [-0.39, 0.29) is 12.3 Å². The number of carbonyl (C=O) groups is 3. The Hall–Kier alpha value is -2.06. The van der Waals surface area contributed by atoms with Gasteiger partial charge in [-0.15, -0.1) is 0 Å². The van der Waals surface area contributed by atoms with Crippen LogP contribution in [0.4, 0.5) is 0 Å². The highest BCUT2D eigenvalue weighted by molar-refractivity contribution is 7.98. The molecule has 0 spiro atoms. The lowest BCUT2D eigenvalue weighted by atomic mass is 9.98. The van der Waals surface area contributed by atoms with Gasteiger partial charge in [0.25, 0.3) is 0 Å². The molecule has 0 aliphatic carbocycles. The molecule has 2 amide bonds. The van der Waals surface area contributed by atoms with Crippen LogP contribution in [-0.4, -0.2) is 53.0 Å². The predicted molar refractivity (Wildman–Crippen MR) is 112 cm³/mol. The van der Waals surface area contributed by atoms with Crippen molar-refractivity contribution >= 4 is 29.5 Å². The SMILES string of the molecule is CCC(C)C(N)C(=O)NC(Cc1ccccc1)C(=O)NC(CCSC)C(=O)O. The van der Waals surface area contributed by atoms with E-state index in [0.29, 0.717) is 12.2 Å². The number of thioether (sulfide) groups is 1. The van der Waals surface area contributed by atoms with E-state index in [4.69, 9.17) is 5.73 Å². The molecule has 5 N–H and O–H groups in total. The van der Waals surface area contributed by atoms with Gasteiger partial charge in [0.15, 0.2) is 0 Å². The van der Waals surface area contributed by atoms with Crippen LogP contribution in [-0.2, 0) is 20.8 Å². The third-order valence-electron chi connectivity index (χ3n) is 4.70. The largest absolute Gasteiger partial charge is 0.480 e. The Bertz CT molecular complexity index is 642. The standard InChI is InChI=1S/C20H31N3O4S/c1-4-13(2)17(21)19(25)23-16(12-14-8-6-5-7-9-14)18(24)22-15(20(26)27)10-11-28-3/h5-9,13,15-17H,4,10-12,21H2,1-3H3,(H,22,24)(H,23,25)(H,26,27). The van der Waals surface area contributed by atoms with E-state index in [1.165, 1.54) is 11.8 Å². The number of carboxylic acids is 1. The summed E-state index contributed by atoms with van der Waals surface area (Å²) in [5, 5.41) is 14.6. The second-order valence-corrected chi connectivity index (χ2v) is 7.83. The normalized spacial score (nSPS) is 15.1. The number of hydrogen-bond acceptors (Lipinski definition) is 5. The van der Waals surface area contributed by atoms with Crippen LogP contribution in [0.25, 0.3) is 0 Å². The molecule has 1 aromatic rings. The molecule has 0 radical (unpaired) electrons. The van der Waals surface area contributed by atoms with Crippen LogP contribution >= 0.6 is 11.8 Å². The lowest BCUT2D eigenvalue weighted by molar-refractivity contribution is -0.142. The first-order valence-electron chi connectivity index (χ1n) is 9.42. The van der Waals surface area contributed by atoms with E-state index >= 15 is 0 Å². The first-order valence-corrected chi connectivity index (χ1v) is 10.8. The molecule has 0 saturated heterocycles. The van der Waals surface area contributed by atoms with Crippen molar-refractivity contribution in [3.8, 4) is 0 Å². The van der Waals surface area contributed by atoms with Gasteiger partial charge < -0.3 is 21.5 Å². The predicted octanol–water partition coefficient (Wildman–Crippen LogP) is 1.41. The highest BCUT2D eigenvalue weighted by atomic mass is 32.2. The number of benzene rings is 1. The van der Waals surface area contributed by atoms with Gasteiger partial charge in [0.2, 0.25) is 11.8 Å². The summed E-state index contributed by atoms with van der Waals surface area (Å²) in [6.45, 7) is 3.81. The molecule has 8 heteroatoms. The molecule has 156 valence electrons. The van der Waals surface area contributed by atoms with E-state index in [1.807, 2.05) is 50.4 Å². The Labute approximate surface area is 170 Å². The minimum Gasteiger partial charge on any atom is -0.480 e. The summed E-state index contributed by atoms with van der Waals surface area (Å²) in [6, 6.07) is 6.61. The lowest BCUT2D eigenvalue weighted by Crippen LogP contribution is -2.56. The van der Waals surface area contributed by atoms with Gasteiger partial charge in [-0.3, -0.25) is 9.59 Å². The van der Waals surface area contributed by atoms with Crippen molar-refractivity contribution in [3.05, 3.63) is 35.9 Å². The van der Waals surface area contributed by atoms with E-state index in [1.54, 1.807) is 0 Å². The fraction of sp³-hybridized carbons (Fsp3) is 0.550. The number of nitrogens with one attached hydrogen (secondary N) is 2. The molecule has 0 aliphatic rings. The summed E-state index contributed by atoms with van der Waals surface area (Å²) >= 11 is 1.50. The Balaban J connectivity index is 2.93. The number of rotatable bonds is 12. The fourth-order valence-corrected chi connectivity index (χ4v) is 3.08. The summed E-state index contributed by atoms with van der Waals surface area (Å²) < 4.78 is 0. The number of nitrogens with two attached hydrogens (primary N) is 1. The van der Waals surface area contributed by atoms with Gasteiger partial charge in [0.05, 0.1) is 6.04 Å². The van der Waals surface area contributed by atoms with Gasteiger partial charge >= 0.3 is 5.97 Å². The molecule has 0 fully saturated rings. The van der Waals surface area contributed by atoms with Gasteiger partial charge in [-0.05, 0) is 29.9 Å². The van der Waals surface area contributed by atoms with Gasteiger partial charge in [0.1, 0.15) is 12.1 Å². The minimum absolute atomic E-state index is 0.0335. The van der Waals surface area contributed by atoms with Crippen LogP contribution in [0.2, 0.25) is 0 Å². The van der Waals surface area contributed by atoms with E-state index < -0.39 is 35.9 Å². The number of hydrogen-bond donors (Lipinski definition) is 4. The molecule has 28 heavy (non-hydrogen) atoms. The van der Waals surface area contributed by atoms with Crippen LogP contribution in [0.3, 0.4) is 0 Å². The number of amides is 2. The summed E-state index contributed by atoms with van der Waals surface area (Å²) in [5.41, 5.74) is 6.85. The molecule has 4 atom stereocenters. The zero-order valence-corrected chi connectivity index (χ0v) is 17.5. The quantitative estimate of drug-likeness (QED) is 0.414. The number of carboxylic acid groups (broad SMARTS) is 1. The Morgan fingerprint density at radius 2 is 1.71 bits per heavy atom. The fourth-order valence-electron chi connectivity index (χ4n) is 2.60. The summed E-state index contributed by atoms with van der Waals surface area (Å²) in [7, 11) is 0. The molecular weight excluding hydrogens is 378 g/mol. The molecule has 1 aromatic carbocycles. The number of aliphatic carboxylic acids is 1. The molecule has 0 heterocycles. The van der Waals surface area contributed by atoms with Crippen molar-refractivity contribution in [2.24, 2.45) is 11.7 Å². The van der Waals surface area contributed by atoms with Gasteiger partial charge in [0, 0.05) is 6.42 Å². The second-order valence-electron chi connectivity index (χ2n) is 6.84. The maximum atomic E-state index is 12.8. The second kappa shape index (κ2) is 12.4. The molecule has 0 bridgehead atoms. The first kappa shape index (κ1) is 24.0. The molecule has 0 aromatic heterocycles. The molecule has 7 nitrogen and oxygen atoms in total. The minimum atomic E-state index is -1.09. The van der Waals surface area contributed by atoms with Gasteiger partial charge in [-0.2, -0.15) is 11.8 Å². The molecule has 0 aliphatic heterocycles. The Morgan fingerprint density at radius 1 is 1.11 bits per heavy atom. The van der Waals surface area contributed by atoms with Crippen molar-refractivity contribution in [2.45, 2.75) is 51.2 Å². The molecule has 4 unspecified atom stereocenters. The third kappa shape index (κ3) is 7.90. The van der Waals surface area contributed by atoms with Crippen LogP contribution in [0.15, 0.2) is 30.3 Å². The topological polar surface area (TPSA) is 122 Å². The maximum Gasteiger partial charge on any atom is 0.326 e. The number of carbonyl (C=O) groups excluding carboxylic acids is 2. The van der Waals surface area contributed by atoms with Crippen LogP contribution in [0.1, 0.15) is 32.3 Å². The average Bonchev–Trinajstić information content (AvgIpc) is 2.69. The maximum absolute atomic E-state index is 12.8. The van der Waals surface area contributed by atoms with Crippen molar-refractivity contribution in [1.29, 1.82) is 0 Å². The van der Waals surface area contributed by atoms with Crippen LogP contribution < -0.4 is 16.4 Å². The zero-order valence-electron chi connectivity index (χ0n) is 16.7. The van der Waals surface area contributed by atoms with E-state index in [0.717, 1.165) is 12.0 Å². The van der Waals surface area contributed by atoms with Crippen molar-refractivity contribution in [3.63, 3.8) is 0 Å². The monoisotopic (exact) mass is 409 g/mol. The highest BCUT2D eigenvalue weighted by Gasteiger charge is 2.29. The average molecular weight is 410 g/mol. The Morgan fingerprint density at radius 3 is 2.25 bits per heavy atom. The van der Waals surface area contributed by atoms with Gasteiger partial charge in [-0.25, -0.2) is 4.79 Å². The smallest absolute Gasteiger partial charge is 0.326 e. The zero-order chi connectivity index (χ0) is 21.1. The lowest BCUT2D eigenvalue weighted by Gasteiger charge is -2.24. The first-order chi connectivity index (χ1) is 13.3.